The maximum absolute atomic E-state index is 10.8. The summed E-state index contributed by atoms with van der Waals surface area (Å²) in [7, 11) is 3.70. The Labute approximate surface area is 138 Å². The van der Waals surface area contributed by atoms with Crippen molar-refractivity contribution in [3.63, 3.8) is 0 Å². The molecule has 3 N–H and O–H groups in total. The molecular weight excluding hydrogens is 316 g/mol. The van der Waals surface area contributed by atoms with Crippen molar-refractivity contribution in [3.8, 4) is 0 Å². The fourth-order valence-electron chi connectivity index (χ4n) is 2.02. The van der Waals surface area contributed by atoms with Gasteiger partial charge >= 0.3 is 6.09 Å². The highest BCUT2D eigenvalue weighted by atomic mass is 32.2. The van der Waals surface area contributed by atoms with E-state index in [9.17, 15) is 9.90 Å². The highest BCUT2D eigenvalue weighted by Crippen LogP contribution is 2.34. The minimum Gasteiger partial charge on any atom is -0.465 e. The van der Waals surface area contributed by atoms with Crippen LogP contribution in [-0.2, 0) is 13.2 Å². The number of rotatable bonds is 6. The molecule has 0 aliphatic heterocycles. The lowest BCUT2D eigenvalue weighted by Crippen LogP contribution is -2.23. The molecule has 0 aliphatic rings. The minimum absolute atomic E-state index is 0.107. The van der Waals surface area contributed by atoms with Gasteiger partial charge in [0.15, 0.2) is 0 Å². The third kappa shape index (κ3) is 4.33. The third-order valence-electron chi connectivity index (χ3n) is 3.06. The van der Waals surface area contributed by atoms with E-state index in [2.05, 4.69) is 15.3 Å². The smallest absolute Gasteiger partial charge is 0.404 e. The van der Waals surface area contributed by atoms with Crippen molar-refractivity contribution >= 4 is 23.7 Å². The molecule has 7 nitrogen and oxygen atoms in total. The van der Waals surface area contributed by atoms with Gasteiger partial charge in [-0.25, -0.2) is 14.8 Å². The first kappa shape index (κ1) is 17.0. The van der Waals surface area contributed by atoms with E-state index in [0.29, 0.717) is 10.8 Å². The summed E-state index contributed by atoms with van der Waals surface area (Å²) in [6.45, 7) is 0.0326. The van der Waals surface area contributed by atoms with Gasteiger partial charge in [0.2, 0.25) is 0 Å². The third-order valence-corrected chi connectivity index (χ3v) is 4.22. The van der Waals surface area contributed by atoms with Crippen LogP contribution in [0.5, 0.6) is 0 Å². The lowest BCUT2D eigenvalue weighted by Gasteiger charge is -2.19. The van der Waals surface area contributed by atoms with Crippen LogP contribution < -0.4 is 10.2 Å². The first-order valence-corrected chi connectivity index (χ1v) is 7.69. The number of carboxylic acid groups (broad SMARTS) is 1. The number of aliphatic hydroxyl groups excluding tert-OH is 1. The van der Waals surface area contributed by atoms with Gasteiger partial charge in [-0.3, -0.25) is 0 Å². The first-order valence-electron chi connectivity index (χ1n) is 6.87. The van der Waals surface area contributed by atoms with Crippen molar-refractivity contribution in [2.45, 2.75) is 23.1 Å². The van der Waals surface area contributed by atoms with Gasteiger partial charge in [0, 0.05) is 42.5 Å². The molecule has 0 aliphatic carbocycles. The Morgan fingerprint density at radius 1 is 1.30 bits per heavy atom. The molecule has 0 fully saturated rings. The fourth-order valence-corrected chi connectivity index (χ4v) is 3.02. The van der Waals surface area contributed by atoms with Gasteiger partial charge < -0.3 is 20.4 Å². The highest BCUT2D eigenvalue weighted by Gasteiger charge is 2.15. The molecule has 0 saturated carbocycles. The molecule has 2 rings (SSSR count). The zero-order chi connectivity index (χ0) is 16.8. The summed E-state index contributed by atoms with van der Waals surface area (Å²) in [6.07, 6.45) is 2.23. The molecule has 0 saturated heterocycles. The lowest BCUT2D eigenvalue weighted by molar-refractivity contribution is 0.194. The second-order valence-electron chi connectivity index (χ2n) is 4.89. The standard InChI is InChI=1S/C15H18N4O3S/c1-19(2)13-11(8-18-15(21)22)12(5-7-16-13)23-14-10(9-20)4-3-6-17-14/h3-7,18,20H,8-9H2,1-2H3,(H,21,22). The summed E-state index contributed by atoms with van der Waals surface area (Å²) in [5, 5.41) is 21.4. The van der Waals surface area contributed by atoms with Crippen molar-refractivity contribution in [3.05, 3.63) is 41.7 Å². The Bertz CT molecular complexity index is 694. The zero-order valence-corrected chi connectivity index (χ0v) is 13.7. The van der Waals surface area contributed by atoms with Gasteiger partial charge in [-0.15, -0.1) is 0 Å². The van der Waals surface area contributed by atoms with E-state index in [4.69, 9.17) is 5.11 Å². The normalized spacial score (nSPS) is 10.4. The maximum atomic E-state index is 10.8. The number of anilines is 1. The number of nitrogens with one attached hydrogen (secondary N) is 1. The van der Waals surface area contributed by atoms with Crippen LogP contribution in [-0.4, -0.2) is 40.4 Å². The SMILES string of the molecule is CN(C)c1nccc(Sc2ncccc2CO)c1CNC(=O)O. The second-order valence-corrected chi connectivity index (χ2v) is 5.92. The van der Waals surface area contributed by atoms with Crippen molar-refractivity contribution < 1.29 is 15.0 Å². The molecule has 8 heteroatoms. The van der Waals surface area contributed by atoms with E-state index in [0.717, 1.165) is 16.0 Å². The van der Waals surface area contributed by atoms with E-state index < -0.39 is 6.09 Å². The first-order chi connectivity index (χ1) is 11.0. The molecule has 23 heavy (non-hydrogen) atoms. The van der Waals surface area contributed by atoms with E-state index in [1.807, 2.05) is 25.1 Å². The number of nitrogens with zero attached hydrogens (tertiary/aromatic N) is 3. The molecule has 0 radical (unpaired) electrons. The predicted molar refractivity (Wildman–Crippen MR) is 87.7 cm³/mol. The molecule has 0 bridgehead atoms. The Balaban J connectivity index is 2.40. The van der Waals surface area contributed by atoms with Gasteiger partial charge in [0.1, 0.15) is 10.8 Å². The molecule has 0 atom stereocenters. The summed E-state index contributed by atoms with van der Waals surface area (Å²) < 4.78 is 0. The van der Waals surface area contributed by atoms with Crippen LogP contribution in [0, 0.1) is 0 Å². The van der Waals surface area contributed by atoms with Crippen LogP contribution >= 0.6 is 11.8 Å². The number of hydrogen-bond donors (Lipinski definition) is 3. The summed E-state index contributed by atoms with van der Waals surface area (Å²) in [5.41, 5.74) is 1.48. The molecule has 0 unspecified atom stereocenters. The van der Waals surface area contributed by atoms with Crippen molar-refractivity contribution in [2.75, 3.05) is 19.0 Å². The van der Waals surface area contributed by atoms with Crippen LogP contribution in [0.1, 0.15) is 11.1 Å². The predicted octanol–water partition coefficient (Wildman–Crippen LogP) is 1.95. The number of aliphatic hydroxyl groups is 1. The average Bonchev–Trinajstić information content (AvgIpc) is 2.53. The number of hydrogen-bond acceptors (Lipinski definition) is 6. The van der Waals surface area contributed by atoms with Crippen molar-refractivity contribution in [1.29, 1.82) is 0 Å². The van der Waals surface area contributed by atoms with E-state index in [-0.39, 0.29) is 13.2 Å². The fraction of sp³-hybridized carbons (Fsp3) is 0.267. The molecule has 2 aromatic heterocycles. The average molecular weight is 334 g/mol. The van der Waals surface area contributed by atoms with Gasteiger partial charge in [-0.2, -0.15) is 0 Å². The van der Waals surface area contributed by atoms with Gasteiger partial charge in [0.25, 0.3) is 0 Å². The summed E-state index contributed by atoms with van der Waals surface area (Å²) in [6, 6.07) is 5.38. The molecule has 2 aromatic rings. The Kier molecular flexibility index (Phi) is 5.78. The van der Waals surface area contributed by atoms with Crippen LogP contribution in [0.3, 0.4) is 0 Å². The number of amides is 1. The number of pyridine rings is 2. The largest absolute Gasteiger partial charge is 0.465 e. The topological polar surface area (TPSA) is 98.6 Å². The maximum Gasteiger partial charge on any atom is 0.404 e. The lowest BCUT2D eigenvalue weighted by atomic mass is 10.2. The Hall–Kier alpha value is -2.32. The summed E-state index contributed by atoms with van der Waals surface area (Å²) in [4.78, 5) is 22.1. The van der Waals surface area contributed by atoms with Crippen molar-refractivity contribution in [2.24, 2.45) is 0 Å². The van der Waals surface area contributed by atoms with E-state index in [1.54, 1.807) is 24.5 Å². The summed E-state index contributed by atoms with van der Waals surface area (Å²) in [5.74, 6) is 0.685. The number of carbonyl (C=O) groups is 1. The highest BCUT2D eigenvalue weighted by molar-refractivity contribution is 7.99. The minimum atomic E-state index is -1.09. The van der Waals surface area contributed by atoms with Crippen molar-refractivity contribution in [1.82, 2.24) is 15.3 Å². The van der Waals surface area contributed by atoms with Crippen LogP contribution in [0.2, 0.25) is 0 Å². The molecule has 1 amide bonds. The zero-order valence-electron chi connectivity index (χ0n) is 12.9. The van der Waals surface area contributed by atoms with E-state index in [1.165, 1.54) is 11.8 Å². The quantitative estimate of drug-likeness (QED) is 0.742. The van der Waals surface area contributed by atoms with E-state index >= 15 is 0 Å². The van der Waals surface area contributed by atoms with Gasteiger partial charge in [-0.1, -0.05) is 17.8 Å². The van der Waals surface area contributed by atoms with Gasteiger partial charge in [0.05, 0.1) is 13.2 Å². The summed E-state index contributed by atoms with van der Waals surface area (Å²) >= 11 is 1.38. The molecule has 0 aromatic carbocycles. The molecule has 2 heterocycles. The second kappa shape index (κ2) is 7.80. The van der Waals surface area contributed by atoms with Gasteiger partial charge in [-0.05, 0) is 12.1 Å². The monoisotopic (exact) mass is 334 g/mol. The van der Waals surface area contributed by atoms with Crippen LogP contribution in [0.15, 0.2) is 40.5 Å². The Morgan fingerprint density at radius 3 is 2.74 bits per heavy atom. The number of aromatic nitrogens is 2. The molecular formula is C15H18N4O3S. The Morgan fingerprint density at radius 2 is 2.09 bits per heavy atom. The molecule has 122 valence electrons. The van der Waals surface area contributed by atoms with Crippen LogP contribution in [0.25, 0.3) is 0 Å². The molecule has 0 spiro atoms. The van der Waals surface area contributed by atoms with Crippen LogP contribution in [0.4, 0.5) is 10.6 Å².